The van der Waals surface area contributed by atoms with Crippen LogP contribution in [0, 0.1) is 0 Å². The van der Waals surface area contributed by atoms with E-state index >= 15 is 0 Å². The molecule has 0 saturated carbocycles. The topological polar surface area (TPSA) is 303 Å². The van der Waals surface area contributed by atoms with E-state index in [-0.39, 0.29) is 62.2 Å². The lowest BCUT2D eigenvalue weighted by Gasteiger charge is -2.36. The zero-order valence-electron chi connectivity index (χ0n) is 33.1. The fraction of sp³-hybridized carbons (Fsp3) is 0.333. The molecule has 314 valence electrons. The van der Waals surface area contributed by atoms with Gasteiger partial charge in [0.15, 0.2) is 11.9 Å². The summed E-state index contributed by atoms with van der Waals surface area (Å²) in [5.41, 5.74) is 30.3. The van der Waals surface area contributed by atoms with Gasteiger partial charge in [-0.15, -0.1) is 0 Å². The Kier molecular flexibility index (Phi) is 16.8. The van der Waals surface area contributed by atoms with Gasteiger partial charge >= 0.3 is 6.03 Å². The molecule has 4 rings (SSSR count). The summed E-state index contributed by atoms with van der Waals surface area (Å²) in [6.07, 6.45) is 1.47. The van der Waals surface area contributed by atoms with E-state index in [2.05, 4.69) is 25.9 Å². The summed E-state index contributed by atoms with van der Waals surface area (Å²) in [6, 6.07) is 20.9. The minimum Gasteiger partial charge on any atom is -0.508 e. The second kappa shape index (κ2) is 22.2. The monoisotopic (exact) mass is 809 g/mol. The number of hydrogen-bond donors (Lipinski definition) is 10. The van der Waals surface area contributed by atoms with Gasteiger partial charge in [0.2, 0.25) is 17.7 Å². The van der Waals surface area contributed by atoms with Crippen molar-refractivity contribution >= 4 is 46.4 Å². The summed E-state index contributed by atoms with van der Waals surface area (Å²) in [7, 11) is 0. The van der Waals surface area contributed by atoms with Gasteiger partial charge in [-0.2, -0.15) is 0 Å². The Hall–Kier alpha value is -6.88. The zero-order valence-corrected chi connectivity index (χ0v) is 33.1. The average Bonchev–Trinajstić information content (AvgIpc) is 3.20. The Morgan fingerprint density at radius 3 is 1.88 bits per heavy atom. The Bertz CT molecular complexity index is 2090. The second-order valence-corrected chi connectivity index (χ2v) is 14.2. The van der Waals surface area contributed by atoms with E-state index < -0.39 is 47.9 Å². The molecule has 4 aromatic rings. The Morgan fingerprint density at radius 2 is 1.27 bits per heavy atom. The minimum absolute atomic E-state index is 0.00103. The molecule has 4 aromatic carbocycles. The zero-order chi connectivity index (χ0) is 42.9. The molecular weight excluding hydrogens is 755 g/mol. The lowest BCUT2D eigenvalue weighted by molar-refractivity contribution is -0.136. The average molecular weight is 810 g/mol. The van der Waals surface area contributed by atoms with Gasteiger partial charge in [-0.05, 0) is 96.8 Å². The van der Waals surface area contributed by atoms with Crippen molar-refractivity contribution in [2.24, 2.45) is 38.7 Å². The highest BCUT2D eigenvalue weighted by Gasteiger charge is 2.36. The van der Waals surface area contributed by atoms with E-state index in [9.17, 15) is 29.4 Å². The predicted octanol–water partition coefficient (Wildman–Crippen LogP) is 1.74. The molecule has 59 heavy (non-hydrogen) atoms. The molecule has 15 N–H and O–H groups in total. The third kappa shape index (κ3) is 14.2. The van der Waals surface area contributed by atoms with Crippen molar-refractivity contribution in [3.8, 4) is 11.5 Å². The second-order valence-electron chi connectivity index (χ2n) is 14.2. The van der Waals surface area contributed by atoms with Crippen LogP contribution in [0.15, 0.2) is 101 Å². The number of carbonyl (C=O) groups excluding carboxylic acids is 4. The van der Waals surface area contributed by atoms with Crippen molar-refractivity contribution in [1.29, 1.82) is 0 Å². The third-order valence-electron chi connectivity index (χ3n) is 9.62. The number of phenols is 2. The highest BCUT2D eigenvalue weighted by atomic mass is 16.3. The van der Waals surface area contributed by atoms with Crippen molar-refractivity contribution < 1.29 is 29.4 Å². The van der Waals surface area contributed by atoms with E-state index in [4.69, 9.17) is 28.7 Å². The maximum Gasteiger partial charge on any atom is 0.318 e. The number of nitrogens with one attached hydrogen (secondary N) is 3. The van der Waals surface area contributed by atoms with Crippen LogP contribution in [0.3, 0.4) is 0 Å². The summed E-state index contributed by atoms with van der Waals surface area (Å²) >= 11 is 0. The van der Waals surface area contributed by atoms with Crippen LogP contribution in [0.25, 0.3) is 10.8 Å². The highest BCUT2D eigenvalue weighted by Crippen LogP contribution is 2.28. The first-order valence-electron chi connectivity index (χ1n) is 19.3. The van der Waals surface area contributed by atoms with Gasteiger partial charge in [-0.1, -0.05) is 60.7 Å². The van der Waals surface area contributed by atoms with E-state index in [1.54, 1.807) is 31.2 Å². The number of rotatable bonds is 20. The van der Waals surface area contributed by atoms with E-state index in [1.165, 1.54) is 29.2 Å². The van der Waals surface area contributed by atoms with E-state index in [1.807, 2.05) is 42.5 Å². The van der Waals surface area contributed by atoms with Crippen LogP contribution in [-0.4, -0.2) is 88.5 Å². The number of imide groups is 1. The van der Waals surface area contributed by atoms with Crippen molar-refractivity contribution in [3.05, 3.63) is 108 Å². The van der Waals surface area contributed by atoms with Gasteiger partial charge in [-0.3, -0.25) is 29.7 Å². The SMILES string of the molecule is C[C@H](c1ccc2ccccc2c1)N(C(=O)NCCCCN=C(N)N)[C@@H](CCCN=C(N)N)C(=O)NC(=O)[C@H](Cc1ccc(O)cc1)NC(=O)[C@@H](N)Cc1ccc(O)cc1. The quantitative estimate of drug-likeness (QED) is 0.0348. The molecule has 0 unspecified atom stereocenters. The van der Waals surface area contributed by atoms with Crippen LogP contribution in [0.4, 0.5) is 4.79 Å². The molecule has 0 saturated heterocycles. The van der Waals surface area contributed by atoms with Gasteiger partial charge in [0, 0.05) is 26.1 Å². The first-order valence-corrected chi connectivity index (χ1v) is 19.3. The molecule has 17 heteroatoms. The molecule has 0 fully saturated rings. The maximum absolute atomic E-state index is 14.5. The number of aromatic hydroxyl groups is 2. The van der Waals surface area contributed by atoms with Crippen molar-refractivity contribution in [1.82, 2.24) is 20.9 Å². The number of unbranched alkanes of at least 4 members (excludes halogenated alkanes) is 1. The largest absolute Gasteiger partial charge is 0.508 e. The van der Waals surface area contributed by atoms with Gasteiger partial charge in [0.05, 0.1) is 12.1 Å². The minimum atomic E-state index is -1.30. The van der Waals surface area contributed by atoms with Crippen LogP contribution < -0.4 is 44.6 Å². The molecular formula is C42H55N11O6. The third-order valence-corrected chi connectivity index (χ3v) is 9.62. The molecule has 0 aliphatic rings. The fourth-order valence-electron chi connectivity index (χ4n) is 6.46. The van der Waals surface area contributed by atoms with E-state index in [0.29, 0.717) is 30.5 Å². The Morgan fingerprint density at radius 1 is 0.695 bits per heavy atom. The molecule has 0 aliphatic heterocycles. The first-order chi connectivity index (χ1) is 28.2. The summed E-state index contributed by atoms with van der Waals surface area (Å²) in [5.74, 6) is -2.42. The summed E-state index contributed by atoms with van der Waals surface area (Å²) < 4.78 is 0. The number of fused-ring (bicyclic) bond motifs is 1. The van der Waals surface area contributed by atoms with Gasteiger partial charge in [0.1, 0.15) is 23.6 Å². The molecule has 0 radical (unpaired) electrons. The number of carbonyl (C=O) groups is 4. The number of aliphatic imine (C=N–C) groups is 2. The maximum atomic E-state index is 14.5. The molecule has 4 atom stereocenters. The molecule has 0 heterocycles. The van der Waals surface area contributed by atoms with Gasteiger partial charge in [-0.25, -0.2) is 4.79 Å². The van der Waals surface area contributed by atoms with E-state index in [0.717, 1.165) is 16.3 Å². The van der Waals surface area contributed by atoms with Gasteiger partial charge in [0.25, 0.3) is 0 Å². The summed E-state index contributed by atoms with van der Waals surface area (Å²) in [6.45, 7) is 2.55. The molecule has 0 aliphatic carbocycles. The number of benzene rings is 4. The van der Waals surface area contributed by atoms with Crippen LogP contribution in [0.2, 0.25) is 0 Å². The molecule has 17 nitrogen and oxygen atoms in total. The predicted molar refractivity (Wildman–Crippen MR) is 228 cm³/mol. The molecule has 5 amide bonds. The van der Waals surface area contributed by atoms with Crippen molar-refractivity contribution in [3.63, 3.8) is 0 Å². The normalized spacial score (nSPS) is 12.9. The van der Waals surface area contributed by atoms with Crippen LogP contribution >= 0.6 is 0 Å². The standard InChI is InChI=1S/C42H55N11O6/c1-26(30-15-14-29-7-2-3-8-31(29)25-30)53(42(59)50-21-5-4-20-48-40(44)45)36(9-6-22-49-41(46)47)39(58)52-38(57)35(24-28-12-18-33(55)19-13-28)51-37(56)34(43)23-27-10-16-32(54)17-11-27/h2-3,7-8,10-19,25-26,34-36,54-55H,4-6,9,20-24,43H2,1H3,(H,50,59)(H,51,56)(H4,44,45,48)(H4,46,47,49)(H,52,57,58)/t26-,34+,35+,36+/m1/s1. The summed E-state index contributed by atoms with van der Waals surface area (Å²) in [5, 5.41) is 29.5. The first kappa shape index (κ1) is 44.8. The smallest absolute Gasteiger partial charge is 0.318 e. The number of amides is 5. The van der Waals surface area contributed by atoms with Crippen molar-refractivity contribution in [2.75, 3.05) is 19.6 Å². The van der Waals surface area contributed by atoms with Crippen molar-refractivity contribution in [2.45, 2.75) is 69.6 Å². The number of nitrogens with zero attached hydrogens (tertiary/aromatic N) is 3. The number of nitrogens with two attached hydrogens (primary N) is 5. The lowest BCUT2D eigenvalue weighted by Crippen LogP contribution is -2.58. The molecule has 0 aromatic heterocycles. The number of hydrogen-bond acceptors (Lipinski definition) is 9. The number of urea groups is 1. The fourth-order valence-corrected chi connectivity index (χ4v) is 6.46. The molecule has 0 bridgehead atoms. The lowest BCUT2D eigenvalue weighted by atomic mass is 9.98. The number of phenolic OH excluding ortho intramolecular Hbond substituents is 2. The Labute approximate surface area is 343 Å². The number of guanidine groups is 2. The highest BCUT2D eigenvalue weighted by molar-refractivity contribution is 6.02. The Balaban J connectivity index is 1.65. The van der Waals surface area contributed by atoms with Crippen LogP contribution in [0.1, 0.15) is 55.3 Å². The van der Waals surface area contributed by atoms with Crippen LogP contribution in [0.5, 0.6) is 11.5 Å². The van der Waals surface area contributed by atoms with Crippen LogP contribution in [-0.2, 0) is 27.2 Å². The van der Waals surface area contributed by atoms with Gasteiger partial charge < -0.3 is 54.4 Å². The molecule has 0 spiro atoms. The summed E-state index contributed by atoms with van der Waals surface area (Å²) in [4.78, 5) is 65.7.